The Kier molecular flexibility index (Phi) is 3.85. The number of aryl methyl sites for hydroxylation is 2. The van der Waals surface area contributed by atoms with Crippen molar-refractivity contribution in [2.45, 2.75) is 39.0 Å². The van der Waals surface area contributed by atoms with Crippen molar-refractivity contribution in [1.82, 2.24) is 15.1 Å². The fraction of sp³-hybridized carbons (Fsp3) is 0.667. The number of carbonyl (C=O) groups excluding carboxylic acids is 1. The predicted octanol–water partition coefficient (Wildman–Crippen LogP) is 1.41. The van der Waals surface area contributed by atoms with Crippen LogP contribution in [-0.4, -0.2) is 47.2 Å². The van der Waals surface area contributed by atoms with Crippen LogP contribution in [0.25, 0.3) is 0 Å². The highest BCUT2D eigenvalue weighted by molar-refractivity contribution is 5.76. The first kappa shape index (κ1) is 13.3. The van der Waals surface area contributed by atoms with Crippen LogP contribution in [0.5, 0.6) is 0 Å². The summed E-state index contributed by atoms with van der Waals surface area (Å²) in [7, 11) is 0. The summed E-state index contributed by atoms with van der Waals surface area (Å²) in [5, 5.41) is 8.70. The molecule has 0 N–H and O–H groups in total. The van der Waals surface area contributed by atoms with Gasteiger partial charge in [-0.15, -0.1) is 5.10 Å². The van der Waals surface area contributed by atoms with Crippen LogP contribution in [0.4, 0.5) is 5.82 Å². The van der Waals surface area contributed by atoms with Crippen LogP contribution in [-0.2, 0) is 17.6 Å². The normalized spacial score (nSPS) is 18.2. The molecule has 0 aromatic carbocycles. The van der Waals surface area contributed by atoms with Crippen LogP contribution in [0.15, 0.2) is 6.07 Å². The molecule has 1 saturated heterocycles. The van der Waals surface area contributed by atoms with Crippen LogP contribution in [0.2, 0.25) is 0 Å². The van der Waals surface area contributed by atoms with E-state index in [1.54, 1.807) is 0 Å². The fourth-order valence-electron chi connectivity index (χ4n) is 3.03. The molecule has 1 amide bonds. The third kappa shape index (κ3) is 2.62. The molecule has 1 fully saturated rings. The van der Waals surface area contributed by atoms with Gasteiger partial charge in [-0.3, -0.25) is 4.79 Å². The lowest BCUT2D eigenvalue weighted by Crippen LogP contribution is -2.49. The van der Waals surface area contributed by atoms with Gasteiger partial charge in [-0.2, -0.15) is 5.10 Å². The van der Waals surface area contributed by atoms with Gasteiger partial charge in [0.25, 0.3) is 0 Å². The molecule has 3 rings (SSSR count). The Morgan fingerprint density at radius 1 is 1.20 bits per heavy atom. The molecule has 0 spiro atoms. The maximum Gasteiger partial charge on any atom is 0.222 e. The Bertz CT molecular complexity index is 495. The molecule has 0 radical (unpaired) electrons. The van der Waals surface area contributed by atoms with Gasteiger partial charge in [-0.05, 0) is 37.3 Å². The molecular weight excluding hydrogens is 252 g/mol. The van der Waals surface area contributed by atoms with Gasteiger partial charge in [0.15, 0.2) is 5.82 Å². The number of amides is 1. The molecule has 1 aliphatic heterocycles. The molecule has 1 aromatic heterocycles. The zero-order chi connectivity index (χ0) is 13.9. The van der Waals surface area contributed by atoms with Gasteiger partial charge in [-0.1, -0.05) is 6.92 Å². The summed E-state index contributed by atoms with van der Waals surface area (Å²) < 4.78 is 0. The fourth-order valence-corrected chi connectivity index (χ4v) is 3.03. The van der Waals surface area contributed by atoms with Gasteiger partial charge in [0, 0.05) is 32.6 Å². The molecule has 5 nitrogen and oxygen atoms in total. The molecule has 0 saturated carbocycles. The highest BCUT2D eigenvalue weighted by Gasteiger charge is 2.22. The zero-order valence-electron chi connectivity index (χ0n) is 12.1. The van der Waals surface area contributed by atoms with E-state index < -0.39 is 0 Å². The highest BCUT2D eigenvalue weighted by Crippen LogP contribution is 2.23. The highest BCUT2D eigenvalue weighted by atomic mass is 16.2. The van der Waals surface area contributed by atoms with Crippen LogP contribution in [0.3, 0.4) is 0 Å². The van der Waals surface area contributed by atoms with Crippen molar-refractivity contribution in [2.24, 2.45) is 0 Å². The molecule has 0 bridgehead atoms. The summed E-state index contributed by atoms with van der Waals surface area (Å²) in [4.78, 5) is 16.1. The predicted molar refractivity (Wildman–Crippen MR) is 77.8 cm³/mol. The standard InChI is InChI=1S/C15H22N4O/c1-2-4-15(20)19-9-7-18(8-10-19)14-11-12-5-3-6-13(12)16-17-14/h11H,2-10H2,1H3. The number of piperazine rings is 1. The van der Waals surface area contributed by atoms with E-state index in [2.05, 4.69) is 21.2 Å². The van der Waals surface area contributed by atoms with Crippen molar-refractivity contribution in [1.29, 1.82) is 0 Å². The van der Waals surface area contributed by atoms with E-state index in [0.29, 0.717) is 6.42 Å². The van der Waals surface area contributed by atoms with E-state index in [-0.39, 0.29) is 5.91 Å². The summed E-state index contributed by atoms with van der Waals surface area (Å²) in [6.07, 6.45) is 5.00. The Morgan fingerprint density at radius 3 is 2.75 bits per heavy atom. The number of anilines is 1. The number of hydrogen-bond donors (Lipinski definition) is 0. The monoisotopic (exact) mass is 274 g/mol. The van der Waals surface area contributed by atoms with Crippen molar-refractivity contribution in [3.63, 3.8) is 0 Å². The zero-order valence-corrected chi connectivity index (χ0v) is 12.1. The number of hydrogen-bond acceptors (Lipinski definition) is 4. The first-order valence-electron chi connectivity index (χ1n) is 7.66. The van der Waals surface area contributed by atoms with Gasteiger partial charge in [0.05, 0.1) is 5.69 Å². The lowest BCUT2D eigenvalue weighted by Gasteiger charge is -2.35. The molecule has 1 aromatic rings. The smallest absolute Gasteiger partial charge is 0.222 e. The third-order valence-electron chi connectivity index (χ3n) is 4.23. The minimum atomic E-state index is 0.284. The largest absolute Gasteiger partial charge is 0.352 e. The average Bonchev–Trinajstić information content (AvgIpc) is 2.95. The first-order valence-corrected chi connectivity index (χ1v) is 7.66. The Morgan fingerprint density at radius 2 is 2.00 bits per heavy atom. The van der Waals surface area contributed by atoms with Crippen LogP contribution >= 0.6 is 0 Å². The molecule has 0 atom stereocenters. The number of carbonyl (C=O) groups is 1. The summed E-state index contributed by atoms with van der Waals surface area (Å²) in [5.41, 5.74) is 2.53. The molecule has 2 aliphatic rings. The maximum atomic E-state index is 11.9. The molecule has 0 unspecified atom stereocenters. The van der Waals surface area contributed by atoms with E-state index >= 15 is 0 Å². The maximum absolute atomic E-state index is 11.9. The molecule has 5 heteroatoms. The minimum Gasteiger partial charge on any atom is -0.352 e. The molecule has 1 aliphatic carbocycles. The van der Waals surface area contributed by atoms with Gasteiger partial charge in [0.1, 0.15) is 0 Å². The van der Waals surface area contributed by atoms with Gasteiger partial charge in [-0.25, -0.2) is 0 Å². The molecule has 20 heavy (non-hydrogen) atoms. The average molecular weight is 274 g/mol. The third-order valence-corrected chi connectivity index (χ3v) is 4.23. The number of rotatable bonds is 3. The quantitative estimate of drug-likeness (QED) is 0.836. The second kappa shape index (κ2) is 5.77. The van der Waals surface area contributed by atoms with E-state index in [0.717, 1.165) is 51.3 Å². The molecular formula is C15H22N4O. The van der Waals surface area contributed by atoms with E-state index in [4.69, 9.17) is 0 Å². The summed E-state index contributed by atoms with van der Waals surface area (Å²) in [6, 6.07) is 2.19. The number of fused-ring (bicyclic) bond motifs is 1. The van der Waals surface area contributed by atoms with Crippen molar-refractivity contribution >= 4 is 11.7 Å². The second-order valence-electron chi connectivity index (χ2n) is 5.65. The van der Waals surface area contributed by atoms with Crippen molar-refractivity contribution in [3.8, 4) is 0 Å². The Hall–Kier alpha value is -1.65. The Balaban J connectivity index is 1.62. The number of nitrogens with zero attached hydrogens (tertiary/aromatic N) is 4. The van der Waals surface area contributed by atoms with Crippen molar-refractivity contribution < 1.29 is 4.79 Å². The second-order valence-corrected chi connectivity index (χ2v) is 5.65. The van der Waals surface area contributed by atoms with E-state index in [1.165, 1.54) is 17.7 Å². The SMILES string of the molecule is CCCC(=O)N1CCN(c2cc3c(nn2)CCC3)CC1. The van der Waals surface area contributed by atoms with Gasteiger partial charge >= 0.3 is 0 Å². The van der Waals surface area contributed by atoms with Gasteiger partial charge < -0.3 is 9.80 Å². The lowest BCUT2D eigenvalue weighted by atomic mass is 10.2. The van der Waals surface area contributed by atoms with Crippen molar-refractivity contribution in [2.75, 3.05) is 31.1 Å². The van der Waals surface area contributed by atoms with Gasteiger partial charge in [0.2, 0.25) is 5.91 Å². The van der Waals surface area contributed by atoms with E-state index in [9.17, 15) is 4.79 Å². The number of aromatic nitrogens is 2. The summed E-state index contributed by atoms with van der Waals surface area (Å²) in [6.45, 7) is 5.38. The van der Waals surface area contributed by atoms with Crippen LogP contribution < -0.4 is 4.90 Å². The van der Waals surface area contributed by atoms with Crippen LogP contribution in [0, 0.1) is 0 Å². The summed E-state index contributed by atoms with van der Waals surface area (Å²) in [5.74, 6) is 1.26. The Labute approximate surface area is 120 Å². The molecule has 2 heterocycles. The molecule has 108 valence electrons. The van der Waals surface area contributed by atoms with Crippen LogP contribution in [0.1, 0.15) is 37.4 Å². The lowest BCUT2D eigenvalue weighted by molar-refractivity contribution is -0.131. The first-order chi connectivity index (χ1) is 9.78. The topological polar surface area (TPSA) is 49.3 Å². The van der Waals surface area contributed by atoms with Crippen molar-refractivity contribution in [3.05, 3.63) is 17.3 Å². The minimum absolute atomic E-state index is 0.284. The summed E-state index contributed by atoms with van der Waals surface area (Å²) >= 11 is 0. The van der Waals surface area contributed by atoms with E-state index in [1.807, 2.05) is 11.8 Å².